The molecule has 0 aromatic heterocycles. The summed E-state index contributed by atoms with van der Waals surface area (Å²) in [7, 11) is 0. The largest absolute Gasteiger partial charge is 0.343 e. The van der Waals surface area contributed by atoms with Crippen molar-refractivity contribution in [2.24, 2.45) is 5.92 Å². The molecule has 3 saturated heterocycles. The molecule has 4 fully saturated rings. The molecule has 178 valence electrons. The number of carbonyl (C=O) groups is 4. The van der Waals surface area contributed by atoms with Crippen molar-refractivity contribution in [1.82, 2.24) is 20.0 Å². The van der Waals surface area contributed by atoms with Gasteiger partial charge in [-0.05, 0) is 38.0 Å². The number of rotatable bonds is 5. The molecule has 3 aliphatic heterocycles. The van der Waals surface area contributed by atoms with Crippen LogP contribution in [0.2, 0.25) is 0 Å². The van der Waals surface area contributed by atoms with Crippen LogP contribution in [-0.2, 0) is 14.4 Å². The molecular weight excluding hydrogens is 408 g/mol. The molecule has 1 atom stereocenters. The maximum Gasteiger partial charge on any atom is 0.325 e. The Morgan fingerprint density at radius 3 is 2.34 bits per heavy atom. The van der Waals surface area contributed by atoms with E-state index in [9.17, 15) is 19.2 Å². The molecule has 0 unspecified atom stereocenters. The van der Waals surface area contributed by atoms with E-state index >= 15 is 0 Å². The van der Waals surface area contributed by atoms with E-state index in [1.54, 1.807) is 4.90 Å². The zero-order valence-electron chi connectivity index (χ0n) is 19.4. The standard InChI is InChI=1S/C24H38N4O4/c1-2-20(29)26-15-12-24(13-16-26)22(31)28(23(32)25-24)19-9-6-14-27(17-19)21(30)11-10-18-7-4-3-5-8-18/h18-19H,2-17H2,1H3,(H,25,32)/t19-/m0/s1. The fourth-order valence-electron chi connectivity index (χ4n) is 6.03. The Morgan fingerprint density at radius 2 is 1.66 bits per heavy atom. The number of likely N-dealkylation sites (tertiary alicyclic amines) is 2. The van der Waals surface area contributed by atoms with Crippen molar-refractivity contribution in [2.45, 2.75) is 95.6 Å². The lowest BCUT2D eigenvalue weighted by molar-refractivity contribution is -0.141. The maximum absolute atomic E-state index is 13.4. The quantitative estimate of drug-likeness (QED) is 0.658. The van der Waals surface area contributed by atoms with E-state index in [0.717, 1.165) is 19.3 Å². The number of urea groups is 1. The van der Waals surface area contributed by atoms with E-state index in [0.29, 0.717) is 57.8 Å². The highest BCUT2D eigenvalue weighted by molar-refractivity contribution is 6.07. The predicted octanol–water partition coefficient (Wildman–Crippen LogP) is 2.66. The Hall–Kier alpha value is -2.12. The average molecular weight is 447 g/mol. The zero-order chi connectivity index (χ0) is 22.7. The van der Waals surface area contributed by atoms with Gasteiger partial charge in [0.1, 0.15) is 5.54 Å². The highest BCUT2D eigenvalue weighted by atomic mass is 16.2. The highest BCUT2D eigenvalue weighted by Crippen LogP contribution is 2.33. The minimum Gasteiger partial charge on any atom is -0.343 e. The van der Waals surface area contributed by atoms with Crippen LogP contribution in [0, 0.1) is 5.92 Å². The maximum atomic E-state index is 13.4. The van der Waals surface area contributed by atoms with Gasteiger partial charge in [-0.1, -0.05) is 39.0 Å². The molecule has 4 rings (SSSR count). The predicted molar refractivity (Wildman–Crippen MR) is 120 cm³/mol. The van der Waals surface area contributed by atoms with Gasteiger partial charge in [0.05, 0.1) is 6.04 Å². The fourth-order valence-corrected chi connectivity index (χ4v) is 6.03. The van der Waals surface area contributed by atoms with Gasteiger partial charge in [0.2, 0.25) is 11.8 Å². The van der Waals surface area contributed by atoms with Crippen LogP contribution in [0.25, 0.3) is 0 Å². The molecule has 4 aliphatic rings. The highest BCUT2D eigenvalue weighted by Gasteiger charge is 2.54. The summed E-state index contributed by atoms with van der Waals surface area (Å²) in [5.41, 5.74) is -0.894. The summed E-state index contributed by atoms with van der Waals surface area (Å²) in [5.74, 6) is 0.744. The zero-order valence-corrected chi connectivity index (χ0v) is 19.4. The van der Waals surface area contributed by atoms with Crippen LogP contribution < -0.4 is 5.32 Å². The lowest BCUT2D eigenvalue weighted by Gasteiger charge is -2.39. The molecule has 1 spiro atoms. The van der Waals surface area contributed by atoms with E-state index in [2.05, 4.69) is 5.32 Å². The monoisotopic (exact) mass is 446 g/mol. The number of carbonyl (C=O) groups excluding carboxylic acids is 4. The normalized spacial score (nSPS) is 26.5. The van der Waals surface area contributed by atoms with Crippen molar-refractivity contribution >= 4 is 23.8 Å². The second kappa shape index (κ2) is 9.79. The van der Waals surface area contributed by atoms with Crippen molar-refractivity contribution in [2.75, 3.05) is 26.2 Å². The van der Waals surface area contributed by atoms with Crippen molar-refractivity contribution in [3.05, 3.63) is 0 Å². The Balaban J connectivity index is 1.34. The van der Waals surface area contributed by atoms with Gasteiger partial charge in [-0.15, -0.1) is 0 Å². The number of imide groups is 1. The summed E-state index contributed by atoms with van der Waals surface area (Å²) in [6.45, 7) is 3.97. The third kappa shape index (κ3) is 4.64. The third-order valence-corrected chi connectivity index (χ3v) is 8.07. The summed E-state index contributed by atoms with van der Waals surface area (Å²) in [6, 6.07) is -0.601. The first kappa shape index (κ1) is 23.1. The minimum atomic E-state index is -0.894. The van der Waals surface area contributed by atoms with Gasteiger partial charge in [-0.2, -0.15) is 0 Å². The van der Waals surface area contributed by atoms with Crippen molar-refractivity contribution < 1.29 is 19.2 Å². The Kier molecular flexibility index (Phi) is 7.05. The van der Waals surface area contributed by atoms with Gasteiger partial charge in [-0.3, -0.25) is 19.3 Å². The summed E-state index contributed by atoms with van der Waals surface area (Å²) < 4.78 is 0. The number of nitrogens with one attached hydrogen (secondary N) is 1. The first-order valence-electron chi connectivity index (χ1n) is 12.6. The molecule has 1 aliphatic carbocycles. The molecular formula is C24H38N4O4. The summed E-state index contributed by atoms with van der Waals surface area (Å²) in [4.78, 5) is 56.1. The van der Waals surface area contributed by atoms with Crippen LogP contribution in [0.1, 0.15) is 84.0 Å². The first-order valence-corrected chi connectivity index (χ1v) is 12.6. The van der Waals surface area contributed by atoms with Crippen molar-refractivity contribution in [1.29, 1.82) is 0 Å². The van der Waals surface area contributed by atoms with Gasteiger partial charge in [0, 0.05) is 39.0 Å². The molecule has 0 aromatic rings. The van der Waals surface area contributed by atoms with Crippen LogP contribution in [-0.4, -0.2) is 76.2 Å². The Labute approximate surface area is 191 Å². The van der Waals surface area contributed by atoms with E-state index in [4.69, 9.17) is 0 Å². The van der Waals surface area contributed by atoms with Crippen LogP contribution in [0.3, 0.4) is 0 Å². The van der Waals surface area contributed by atoms with Crippen LogP contribution in [0.5, 0.6) is 0 Å². The van der Waals surface area contributed by atoms with Crippen LogP contribution in [0.4, 0.5) is 4.79 Å². The molecule has 0 radical (unpaired) electrons. The molecule has 1 saturated carbocycles. The second-order valence-electron chi connectivity index (χ2n) is 10.1. The molecule has 1 N–H and O–H groups in total. The number of hydrogen-bond acceptors (Lipinski definition) is 4. The van der Waals surface area contributed by atoms with Gasteiger partial charge in [-0.25, -0.2) is 4.79 Å². The van der Waals surface area contributed by atoms with E-state index in [1.807, 2.05) is 11.8 Å². The summed E-state index contributed by atoms with van der Waals surface area (Å²) >= 11 is 0. The van der Waals surface area contributed by atoms with Crippen molar-refractivity contribution in [3.63, 3.8) is 0 Å². The third-order valence-electron chi connectivity index (χ3n) is 8.07. The molecule has 0 aromatic carbocycles. The first-order chi connectivity index (χ1) is 15.4. The van der Waals surface area contributed by atoms with E-state index < -0.39 is 5.54 Å². The Morgan fingerprint density at radius 1 is 0.938 bits per heavy atom. The molecule has 32 heavy (non-hydrogen) atoms. The molecule has 0 bridgehead atoms. The minimum absolute atomic E-state index is 0.0862. The molecule has 8 nitrogen and oxygen atoms in total. The van der Waals surface area contributed by atoms with Gasteiger partial charge < -0.3 is 15.1 Å². The van der Waals surface area contributed by atoms with Gasteiger partial charge in [0.25, 0.3) is 5.91 Å². The smallest absolute Gasteiger partial charge is 0.325 e. The fraction of sp³-hybridized carbons (Fsp3) is 0.833. The average Bonchev–Trinajstić information content (AvgIpc) is 3.07. The number of nitrogens with zero attached hydrogens (tertiary/aromatic N) is 3. The van der Waals surface area contributed by atoms with Gasteiger partial charge >= 0.3 is 6.03 Å². The van der Waals surface area contributed by atoms with Gasteiger partial charge in [0.15, 0.2) is 0 Å². The topological polar surface area (TPSA) is 90.0 Å². The van der Waals surface area contributed by atoms with Crippen LogP contribution in [0.15, 0.2) is 0 Å². The summed E-state index contributed by atoms with van der Waals surface area (Å²) in [5, 5.41) is 2.95. The number of hydrogen-bond donors (Lipinski definition) is 1. The number of amides is 5. The lowest BCUT2D eigenvalue weighted by Crippen LogP contribution is -2.57. The number of piperidine rings is 2. The summed E-state index contributed by atoms with van der Waals surface area (Å²) in [6.07, 6.45) is 10.8. The molecule has 5 amide bonds. The lowest BCUT2D eigenvalue weighted by atomic mass is 9.86. The Bertz CT molecular complexity index is 740. The second-order valence-corrected chi connectivity index (χ2v) is 10.1. The van der Waals surface area contributed by atoms with Crippen LogP contribution >= 0.6 is 0 Å². The van der Waals surface area contributed by atoms with E-state index in [1.165, 1.54) is 37.0 Å². The molecule has 3 heterocycles. The SMILES string of the molecule is CCC(=O)N1CCC2(CC1)NC(=O)N([C@H]1CCCN(C(=O)CCC3CCCCC3)C1)C2=O. The molecule has 8 heteroatoms. The van der Waals surface area contributed by atoms with E-state index in [-0.39, 0.29) is 29.8 Å². The van der Waals surface area contributed by atoms with Crippen molar-refractivity contribution in [3.8, 4) is 0 Å².